The van der Waals surface area contributed by atoms with Gasteiger partial charge in [-0.05, 0) is 66.2 Å². The van der Waals surface area contributed by atoms with Crippen LogP contribution in [0.2, 0.25) is 0 Å². The van der Waals surface area contributed by atoms with E-state index in [1.165, 1.54) is 18.1 Å². The SMILES string of the molecule is CC(=O)OC(C)CC/C=C(\C)CC/C=C(\C)CC/C=C(\C)CO. The number of rotatable bonds is 11. The number of allylic oxidation sites excluding steroid dienone is 5. The van der Waals surface area contributed by atoms with E-state index < -0.39 is 0 Å². The fourth-order valence-electron chi connectivity index (χ4n) is 2.27. The Balaban J connectivity index is 3.94. The van der Waals surface area contributed by atoms with Gasteiger partial charge in [-0.3, -0.25) is 4.79 Å². The maximum absolute atomic E-state index is 10.8. The molecular formula is C20H34O3. The van der Waals surface area contributed by atoms with Crippen LogP contribution in [0.25, 0.3) is 0 Å². The smallest absolute Gasteiger partial charge is 0.302 e. The lowest BCUT2D eigenvalue weighted by Crippen LogP contribution is -2.11. The van der Waals surface area contributed by atoms with E-state index in [1.807, 2.05) is 13.8 Å². The van der Waals surface area contributed by atoms with E-state index in [4.69, 9.17) is 9.84 Å². The summed E-state index contributed by atoms with van der Waals surface area (Å²) in [6.07, 6.45) is 12.7. The molecule has 1 N–H and O–H groups in total. The Bertz CT molecular complexity index is 430. The van der Waals surface area contributed by atoms with Gasteiger partial charge in [-0.2, -0.15) is 0 Å². The maximum atomic E-state index is 10.8. The molecule has 1 atom stereocenters. The molecule has 0 amide bonds. The summed E-state index contributed by atoms with van der Waals surface area (Å²) >= 11 is 0. The Morgan fingerprint density at radius 3 is 1.87 bits per heavy atom. The molecule has 0 spiro atoms. The first-order valence-corrected chi connectivity index (χ1v) is 8.60. The summed E-state index contributed by atoms with van der Waals surface area (Å²) in [7, 11) is 0. The number of ether oxygens (including phenoxy) is 1. The summed E-state index contributed by atoms with van der Waals surface area (Å²) in [4.78, 5) is 10.8. The Morgan fingerprint density at radius 2 is 1.39 bits per heavy atom. The Kier molecular flexibility index (Phi) is 12.4. The van der Waals surface area contributed by atoms with Gasteiger partial charge < -0.3 is 9.84 Å². The van der Waals surface area contributed by atoms with Gasteiger partial charge in [0.2, 0.25) is 0 Å². The van der Waals surface area contributed by atoms with E-state index in [2.05, 4.69) is 32.1 Å². The minimum atomic E-state index is -0.206. The van der Waals surface area contributed by atoms with Gasteiger partial charge in [0.15, 0.2) is 0 Å². The molecule has 0 aliphatic heterocycles. The van der Waals surface area contributed by atoms with E-state index in [0.717, 1.165) is 44.1 Å². The average Bonchev–Trinajstić information content (AvgIpc) is 2.46. The highest BCUT2D eigenvalue weighted by Crippen LogP contribution is 2.13. The molecule has 0 saturated heterocycles. The number of carbonyl (C=O) groups excluding carboxylic acids is 1. The molecule has 0 aromatic rings. The molecule has 3 heteroatoms. The molecule has 0 aliphatic rings. The molecule has 0 fully saturated rings. The lowest BCUT2D eigenvalue weighted by Gasteiger charge is -2.10. The second-order valence-electron chi connectivity index (χ2n) is 6.38. The van der Waals surface area contributed by atoms with Crippen molar-refractivity contribution in [2.24, 2.45) is 0 Å². The standard InChI is InChI=1S/C20H34O3/c1-16(11-7-13-18(3)15-21)9-6-10-17(2)12-8-14-19(4)23-20(5)22/h9,12-13,19,21H,6-8,10-11,14-15H2,1-5H3/b16-9+,17-12+,18-13+. The monoisotopic (exact) mass is 322 g/mol. The van der Waals surface area contributed by atoms with Crippen LogP contribution < -0.4 is 0 Å². The quantitative estimate of drug-likeness (QED) is 0.425. The molecule has 0 aromatic heterocycles. The van der Waals surface area contributed by atoms with Gasteiger partial charge in [0.05, 0.1) is 12.7 Å². The normalized spacial score (nSPS) is 14.8. The fraction of sp³-hybridized carbons (Fsp3) is 0.650. The third-order valence-corrected chi connectivity index (χ3v) is 3.75. The number of aliphatic hydroxyl groups excluding tert-OH is 1. The van der Waals surface area contributed by atoms with Crippen molar-refractivity contribution in [3.05, 3.63) is 34.9 Å². The van der Waals surface area contributed by atoms with Gasteiger partial charge in [-0.1, -0.05) is 34.9 Å². The first-order chi connectivity index (χ1) is 10.8. The summed E-state index contributed by atoms with van der Waals surface area (Å²) in [5.74, 6) is -0.206. The van der Waals surface area contributed by atoms with Crippen LogP contribution in [0.15, 0.2) is 34.9 Å². The predicted molar refractivity (Wildman–Crippen MR) is 97.3 cm³/mol. The number of aliphatic hydroxyl groups is 1. The van der Waals surface area contributed by atoms with Crippen molar-refractivity contribution in [3.63, 3.8) is 0 Å². The minimum absolute atomic E-state index is 0.00544. The second-order valence-corrected chi connectivity index (χ2v) is 6.38. The Labute approximate surface area is 142 Å². The molecule has 0 radical (unpaired) electrons. The van der Waals surface area contributed by atoms with Crippen LogP contribution in [0, 0.1) is 0 Å². The summed E-state index contributed by atoms with van der Waals surface area (Å²) in [5.41, 5.74) is 3.84. The molecule has 0 aromatic carbocycles. The first kappa shape index (κ1) is 21.6. The van der Waals surface area contributed by atoms with Crippen LogP contribution in [0.4, 0.5) is 0 Å². The number of hydrogen-bond donors (Lipinski definition) is 1. The third kappa shape index (κ3) is 14.0. The molecule has 0 aliphatic carbocycles. The molecule has 1 unspecified atom stereocenters. The molecular weight excluding hydrogens is 288 g/mol. The molecule has 0 heterocycles. The lowest BCUT2D eigenvalue weighted by molar-refractivity contribution is -0.145. The van der Waals surface area contributed by atoms with Crippen molar-refractivity contribution in [2.75, 3.05) is 6.61 Å². The van der Waals surface area contributed by atoms with Gasteiger partial charge in [0.25, 0.3) is 0 Å². The summed E-state index contributed by atoms with van der Waals surface area (Å²) in [6.45, 7) is 9.82. The summed E-state index contributed by atoms with van der Waals surface area (Å²) < 4.78 is 5.11. The zero-order valence-corrected chi connectivity index (χ0v) is 15.5. The average molecular weight is 322 g/mol. The molecule has 132 valence electrons. The van der Waals surface area contributed by atoms with Crippen LogP contribution in [-0.4, -0.2) is 23.8 Å². The van der Waals surface area contributed by atoms with Crippen molar-refractivity contribution in [2.45, 2.75) is 79.2 Å². The summed E-state index contributed by atoms with van der Waals surface area (Å²) in [6, 6.07) is 0. The van der Waals surface area contributed by atoms with Crippen LogP contribution in [0.5, 0.6) is 0 Å². The topological polar surface area (TPSA) is 46.5 Å². The van der Waals surface area contributed by atoms with Crippen molar-refractivity contribution in [1.82, 2.24) is 0 Å². The fourth-order valence-corrected chi connectivity index (χ4v) is 2.27. The predicted octanol–water partition coefficient (Wildman–Crippen LogP) is 5.11. The lowest BCUT2D eigenvalue weighted by atomic mass is 10.1. The highest BCUT2D eigenvalue weighted by Gasteiger charge is 2.03. The van der Waals surface area contributed by atoms with Gasteiger partial charge in [0, 0.05) is 6.92 Å². The van der Waals surface area contributed by atoms with Gasteiger partial charge >= 0.3 is 5.97 Å². The molecule has 0 bridgehead atoms. The molecule has 3 nitrogen and oxygen atoms in total. The van der Waals surface area contributed by atoms with Crippen molar-refractivity contribution < 1.29 is 14.6 Å². The first-order valence-electron chi connectivity index (χ1n) is 8.60. The van der Waals surface area contributed by atoms with Gasteiger partial charge in [-0.25, -0.2) is 0 Å². The largest absolute Gasteiger partial charge is 0.463 e. The van der Waals surface area contributed by atoms with Crippen LogP contribution in [0.3, 0.4) is 0 Å². The van der Waals surface area contributed by atoms with Crippen LogP contribution in [0.1, 0.15) is 73.1 Å². The number of hydrogen-bond acceptors (Lipinski definition) is 3. The highest BCUT2D eigenvalue weighted by atomic mass is 16.5. The zero-order chi connectivity index (χ0) is 17.7. The number of esters is 1. The van der Waals surface area contributed by atoms with Crippen molar-refractivity contribution in [3.8, 4) is 0 Å². The molecule has 0 saturated carbocycles. The van der Waals surface area contributed by atoms with E-state index in [0.29, 0.717) is 0 Å². The third-order valence-electron chi connectivity index (χ3n) is 3.75. The van der Waals surface area contributed by atoms with Crippen molar-refractivity contribution in [1.29, 1.82) is 0 Å². The summed E-state index contributed by atoms with van der Waals surface area (Å²) in [5, 5.41) is 8.94. The van der Waals surface area contributed by atoms with E-state index in [9.17, 15) is 4.79 Å². The Hall–Kier alpha value is -1.35. The van der Waals surface area contributed by atoms with Crippen LogP contribution >= 0.6 is 0 Å². The maximum Gasteiger partial charge on any atom is 0.302 e. The molecule has 0 rings (SSSR count). The van der Waals surface area contributed by atoms with Crippen LogP contribution in [-0.2, 0) is 9.53 Å². The van der Waals surface area contributed by atoms with E-state index in [-0.39, 0.29) is 18.7 Å². The number of carbonyl (C=O) groups is 1. The zero-order valence-electron chi connectivity index (χ0n) is 15.5. The van der Waals surface area contributed by atoms with Crippen molar-refractivity contribution >= 4 is 5.97 Å². The van der Waals surface area contributed by atoms with Gasteiger partial charge in [0.1, 0.15) is 0 Å². The van der Waals surface area contributed by atoms with Gasteiger partial charge in [-0.15, -0.1) is 0 Å². The Morgan fingerprint density at radius 1 is 0.913 bits per heavy atom. The molecule has 23 heavy (non-hydrogen) atoms. The van der Waals surface area contributed by atoms with E-state index >= 15 is 0 Å². The van der Waals surface area contributed by atoms with E-state index in [1.54, 1.807) is 0 Å². The highest BCUT2D eigenvalue weighted by molar-refractivity contribution is 5.66. The minimum Gasteiger partial charge on any atom is -0.463 e. The second kappa shape index (κ2) is 13.1.